The van der Waals surface area contributed by atoms with Crippen LogP contribution in [0.15, 0.2) is 0 Å². The third kappa shape index (κ3) is 4.48. The molecule has 1 saturated heterocycles. The van der Waals surface area contributed by atoms with E-state index in [2.05, 4.69) is 25.6 Å². The van der Waals surface area contributed by atoms with Crippen LogP contribution in [0.4, 0.5) is 11.9 Å². The molecule has 1 aromatic heterocycles. The molecule has 0 aliphatic carbocycles. The van der Waals surface area contributed by atoms with E-state index >= 15 is 0 Å². The Morgan fingerprint density at radius 2 is 2.15 bits per heavy atom. The Labute approximate surface area is 119 Å². The molecule has 2 N–H and O–H groups in total. The number of nitrogens with zero attached hydrogens (tertiary/aromatic N) is 3. The minimum Gasteiger partial charge on any atom is -0.463 e. The summed E-state index contributed by atoms with van der Waals surface area (Å²) < 4.78 is 10.9. The Kier molecular flexibility index (Phi) is 5.79. The maximum atomic E-state index is 5.46. The third-order valence-corrected chi connectivity index (χ3v) is 3.08. The van der Waals surface area contributed by atoms with E-state index in [-0.39, 0.29) is 0 Å². The monoisotopic (exact) mass is 281 g/mol. The SMILES string of the molecule is CCCOc1nc(NC)nc(NCC2CCCOC2)n1. The normalized spacial score (nSPS) is 18.6. The van der Waals surface area contributed by atoms with Crippen molar-refractivity contribution >= 4 is 11.9 Å². The number of hydrogen-bond donors (Lipinski definition) is 2. The Bertz CT molecular complexity index is 410. The first kappa shape index (κ1) is 14.8. The molecule has 1 atom stereocenters. The Morgan fingerprint density at radius 3 is 2.85 bits per heavy atom. The summed E-state index contributed by atoms with van der Waals surface area (Å²) in [6, 6.07) is 0.355. The van der Waals surface area contributed by atoms with Gasteiger partial charge in [0.05, 0.1) is 13.2 Å². The first-order valence-corrected chi connectivity index (χ1v) is 7.20. The van der Waals surface area contributed by atoms with Crippen molar-refractivity contribution in [3.8, 4) is 6.01 Å². The highest BCUT2D eigenvalue weighted by Crippen LogP contribution is 2.15. The number of rotatable bonds is 7. The van der Waals surface area contributed by atoms with E-state index in [1.807, 2.05) is 6.92 Å². The molecular weight excluding hydrogens is 258 g/mol. The van der Waals surface area contributed by atoms with Gasteiger partial charge in [-0.1, -0.05) is 6.92 Å². The van der Waals surface area contributed by atoms with Crippen molar-refractivity contribution in [1.82, 2.24) is 15.0 Å². The summed E-state index contributed by atoms with van der Waals surface area (Å²) in [6.45, 7) is 5.13. The van der Waals surface area contributed by atoms with Gasteiger partial charge in [-0.25, -0.2) is 0 Å². The Morgan fingerprint density at radius 1 is 1.30 bits per heavy atom. The van der Waals surface area contributed by atoms with Gasteiger partial charge in [0.2, 0.25) is 11.9 Å². The summed E-state index contributed by atoms with van der Waals surface area (Å²) in [4.78, 5) is 12.7. The van der Waals surface area contributed by atoms with Crippen molar-refractivity contribution in [2.75, 3.05) is 44.0 Å². The van der Waals surface area contributed by atoms with Crippen LogP contribution in [-0.4, -0.2) is 48.4 Å². The van der Waals surface area contributed by atoms with E-state index in [9.17, 15) is 0 Å². The zero-order valence-corrected chi connectivity index (χ0v) is 12.2. The van der Waals surface area contributed by atoms with E-state index < -0.39 is 0 Å². The molecule has 0 aromatic carbocycles. The smallest absolute Gasteiger partial charge is 0.323 e. The second-order valence-electron chi connectivity index (χ2n) is 4.83. The number of anilines is 2. The van der Waals surface area contributed by atoms with Crippen molar-refractivity contribution in [1.29, 1.82) is 0 Å². The average molecular weight is 281 g/mol. The van der Waals surface area contributed by atoms with Crippen LogP contribution in [0.5, 0.6) is 6.01 Å². The lowest BCUT2D eigenvalue weighted by Crippen LogP contribution is -2.25. The van der Waals surface area contributed by atoms with Crippen molar-refractivity contribution in [2.45, 2.75) is 26.2 Å². The molecule has 1 unspecified atom stereocenters. The summed E-state index contributed by atoms with van der Waals surface area (Å²) in [7, 11) is 1.78. The highest BCUT2D eigenvalue weighted by Gasteiger charge is 2.14. The number of ether oxygens (including phenoxy) is 2. The number of hydrogen-bond acceptors (Lipinski definition) is 7. The first-order valence-electron chi connectivity index (χ1n) is 7.20. The van der Waals surface area contributed by atoms with Crippen LogP contribution >= 0.6 is 0 Å². The lowest BCUT2D eigenvalue weighted by Gasteiger charge is -2.22. The molecule has 20 heavy (non-hydrogen) atoms. The largest absolute Gasteiger partial charge is 0.463 e. The molecule has 0 saturated carbocycles. The maximum Gasteiger partial charge on any atom is 0.323 e. The summed E-state index contributed by atoms with van der Waals surface area (Å²) in [5.41, 5.74) is 0. The molecule has 1 fully saturated rings. The lowest BCUT2D eigenvalue weighted by molar-refractivity contribution is 0.0594. The minimum atomic E-state index is 0.355. The topological polar surface area (TPSA) is 81.2 Å². The van der Waals surface area contributed by atoms with Crippen LogP contribution in [0.25, 0.3) is 0 Å². The fourth-order valence-electron chi connectivity index (χ4n) is 2.01. The van der Waals surface area contributed by atoms with Gasteiger partial charge in [0.25, 0.3) is 0 Å². The molecule has 1 aliphatic rings. The first-order chi connectivity index (χ1) is 9.81. The van der Waals surface area contributed by atoms with Crippen molar-refractivity contribution < 1.29 is 9.47 Å². The average Bonchev–Trinajstić information content (AvgIpc) is 2.51. The molecule has 7 heteroatoms. The van der Waals surface area contributed by atoms with E-state index in [0.29, 0.717) is 30.4 Å². The molecular formula is C13H23N5O2. The predicted octanol–water partition coefficient (Wildman–Crippen LogP) is 1.54. The second-order valence-corrected chi connectivity index (χ2v) is 4.83. The predicted molar refractivity (Wildman–Crippen MR) is 77.2 cm³/mol. The number of aromatic nitrogens is 3. The summed E-state index contributed by atoms with van der Waals surface area (Å²) >= 11 is 0. The fraction of sp³-hybridized carbons (Fsp3) is 0.769. The lowest BCUT2D eigenvalue weighted by atomic mass is 10.0. The standard InChI is InChI=1S/C13H23N5O2/c1-3-6-20-13-17-11(14-2)16-12(18-13)15-8-10-5-4-7-19-9-10/h10H,3-9H2,1-2H3,(H2,14,15,16,17,18). The Balaban J connectivity index is 1.94. The zero-order valence-electron chi connectivity index (χ0n) is 12.2. The molecule has 112 valence electrons. The van der Waals surface area contributed by atoms with E-state index in [1.165, 1.54) is 6.42 Å². The highest BCUT2D eigenvalue weighted by atomic mass is 16.5. The van der Waals surface area contributed by atoms with Crippen LogP contribution in [-0.2, 0) is 4.74 Å². The molecule has 2 rings (SSSR count). The zero-order chi connectivity index (χ0) is 14.2. The molecule has 0 radical (unpaired) electrons. The van der Waals surface area contributed by atoms with Gasteiger partial charge in [0, 0.05) is 20.2 Å². The molecule has 1 aromatic rings. The molecule has 2 heterocycles. The van der Waals surface area contributed by atoms with Gasteiger partial charge in [-0.2, -0.15) is 15.0 Å². The van der Waals surface area contributed by atoms with E-state index in [1.54, 1.807) is 7.05 Å². The molecule has 0 amide bonds. The van der Waals surface area contributed by atoms with Gasteiger partial charge in [0.1, 0.15) is 0 Å². The van der Waals surface area contributed by atoms with Gasteiger partial charge in [0.15, 0.2) is 0 Å². The maximum absolute atomic E-state index is 5.46. The van der Waals surface area contributed by atoms with Crippen molar-refractivity contribution in [2.24, 2.45) is 5.92 Å². The van der Waals surface area contributed by atoms with Crippen LogP contribution in [0.1, 0.15) is 26.2 Å². The molecule has 7 nitrogen and oxygen atoms in total. The summed E-state index contributed by atoms with van der Waals surface area (Å²) in [6.07, 6.45) is 3.22. The third-order valence-electron chi connectivity index (χ3n) is 3.08. The van der Waals surface area contributed by atoms with Crippen LogP contribution in [0.2, 0.25) is 0 Å². The molecule has 0 spiro atoms. The van der Waals surface area contributed by atoms with Crippen molar-refractivity contribution in [3.63, 3.8) is 0 Å². The van der Waals surface area contributed by atoms with Gasteiger partial charge in [-0.15, -0.1) is 0 Å². The van der Waals surface area contributed by atoms with Crippen LogP contribution in [0.3, 0.4) is 0 Å². The fourth-order valence-corrected chi connectivity index (χ4v) is 2.01. The van der Waals surface area contributed by atoms with Crippen molar-refractivity contribution in [3.05, 3.63) is 0 Å². The summed E-state index contributed by atoms with van der Waals surface area (Å²) in [5.74, 6) is 1.56. The second kappa shape index (κ2) is 7.84. The molecule has 0 bridgehead atoms. The van der Waals surface area contributed by atoms with Gasteiger partial charge in [-0.3, -0.25) is 0 Å². The van der Waals surface area contributed by atoms with Crippen LogP contribution < -0.4 is 15.4 Å². The Hall–Kier alpha value is -1.63. The highest BCUT2D eigenvalue weighted by molar-refractivity contribution is 5.35. The quantitative estimate of drug-likeness (QED) is 0.784. The van der Waals surface area contributed by atoms with Gasteiger partial charge < -0.3 is 20.1 Å². The van der Waals surface area contributed by atoms with Crippen LogP contribution in [0, 0.1) is 5.92 Å². The summed E-state index contributed by atoms with van der Waals surface area (Å²) in [5, 5.41) is 6.16. The number of nitrogens with one attached hydrogen (secondary N) is 2. The van der Waals surface area contributed by atoms with Gasteiger partial charge >= 0.3 is 6.01 Å². The van der Waals surface area contributed by atoms with Gasteiger partial charge in [-0.05, 0) is 25.2 Å². The minimum absolute atomic E-state index is 0.355. The van der Waals surface area contributed by atoms with E-state index in [0.717, 1.165) is 32.6 Å². The molecule has 1 aliphatic heterocycles. The van der Waals surface area contributed by atoms with E-state index in [4.69, 9.17) is 9.47 Å².